The van der Waals surface area contributed by atoms with E-state index in [1.54, 1.807) is 13.4 Å². The summed E-state index contributed by atoms with van der Waals surface area (Å²) in [6.45, 7) is 2.90. The Kier molecular flexibility index (Phi) is 3.76. The van der Waals surface area contributed by atoms with Crippen LogP contribution in [0.5, 0.6) is 5.75 Å². The zero-order chi connectivity index (χ0) is 17.4. The average Bonchev–Trinajstić information content (AvgIpc) is 3.28. The normalized spacial score (nSPS) is 16.4. The van der Waals surface area contributed by atoms with Crippen molar-refractivity contribution in [1.29, 1.82) is 0 Å². The number of carbonyl (C=O) groups is 1. The van der Waals surface area contributed by atoms with Crippen LogP contribution in [0.15, 0.2) is 36.8 Å². The summed E-state index contributed by atoms with van der Waals surface area (Å²) in [7, 11) is 1.64. The molecule has 0 bridgehead atoms. The van der Waals surface area contributed by atoms with Gasteiger partial charge in [0.15, 0.2) is 5.82 Å². The van der Waals surface area contributed by atoms with E-state index in [4.69, 9.17) is 4.74 Å². The highest BCUT2D eigenvalue weighted by atomic mass is 16.5. The fourth-order valence-corrected chi connectivity index (χ4v) is 3.22. The average molecular weight is 337 g/mol. The quantitative estimate of drug-likeness (QED) is 0.767. The summed E-state index contributed by atoms with van der Waals surface area (Å²) in [5.41, 5.74) is 3.75. The molecule has 7 heteroatoms. The Morgan fingerprint density at radius 3 is 2.80 bits per heavy atom. The van der Waals surface area contributed by atoms with Crippen LogP contribution in [0.3, 0.4) is 0 Å². The number of nitrogens with zero attached hydrogens (tertiary/aromatic N) is 3. The Morgan fingerprint density at radius 1 is 1.32 bits per heavy atom. The van der Waals surface area contributed by atoms with E-state index in [-0.39, 0.29) is 11.8 Å². The van der Waals surface area contributed by atoms with E-state index in [2.05, 4.69) is 27.4 Å². The van der Waals surface area contributed by atoms with Crippen molar-refractivity contribution in [2.75, 3.05) is 12.4 Å². The topological polar surface area (TPSA) is 84.8 Å². The number of methoxy groups -OCH3 is 1. The van der Waals surface area contributed by atoms with Gasteiger partial charge in [-0.1, -0.05) is 0 Å². The zero-order valence-corrected chi connectivity index (χ0v) is 14.1. The first kappa shape index (κ1) is 15.4. The molecule has 2 N–H and O–H groups in total. The number of H-pyrrole nitrogens is 1. The summed E-state index contributed by atoms with van der Waals surface area (Å²) in [5.74, 6) is 1.21. The maximum atomic E-state index is 12.1. The number of aromatic nitrogens is 4. The maximum Gasteiger partial charge on any atom is 0.226 e. The lowest BCUT2D eigenvalue weighted by Crippen LogP contribution is -2.23. The second-order valence-electron chi connectivity index (χ2n) is 6.02. The Labute approximate surface area is 145 Å². The maximum absolute atomic E-state index is 12.1. The lowest BCUT2D eigenvalue weighted by atomic mass is 9.88. The zero-order valence-electron chi connectivity index (χ0n) is 14.1. The van der Waals surface area contributed by atoms with Crippen LogP contribution in [0.1, 0.15) is 30.5 Å². The SMILES string of the molecule is CCn1cnc(C2CC(=O)Nc3n[nH]c(-c4ccc(OC)cc4)c32)c1. The van der Waals surface area contributed by atoms with Gasteiger partial charge < -0.3 is 14.6 Å². The van der Waals surface area contributed by atoms with Gasteiger partial charge in [-0.25, -0.2) is 4.98 Å². The standard InChI is InChI=1S/C18H19N5O2/c1-3-23-9-14(19-10-23)13-8-15(24)20-18-16(13)17(21-22-18)11-4-6-12(25-2)7-5-11/h4-7,9-10,13H,3,8H2,1-2H3,(H2,20,21,22,24). The van der Waals surface area contributed by atoms with Gasteiger partial charge in [0.1, 0.15) is 5.75 Å². The third-order valence-corrected chi connectivity index (χ3v) is 4.55. The van der Waals surface area contributed by atoms with Gasteiger partial charge in [0.05, 0.1) is 24.8 Å². The van der Waals surface area contributed by atoms with E-state index in [0.29, 0.717) is 12.2 Å². The molecule has 0 radical (unpaired) electrons. The molecular formula is C18H19N5O2. The molecule has 3 aromatic rings. The van der Waals surface area contributed by atoms with Gasteiger partial charge in [-0.2, -0.15) is 5.10 Å². The lowest BCUT2D eigenvalue weighted by molar-refractivity contribution is -0.116. The number of fused-ring (bicyclic) bond motifs is 1. The number of rotatable bonds is 4. The number of ether oxygens (including phenoxy) is 1. The second-order valence-corrected chi connectivity index (χ2v) is 6.02. The number of amides is 1. The molecule has 0 saturated carbocycles. The van der Waals surface area contributed by atoms with Crippen LogP contribution in [0.4, 0.5) is 5.82 Å². The number of imidazole rings is 1. The summed E-state index contributed by atoms with van der Waals surface area (Å²) < 4.78 is 7.23. The molecule has 7 nitrogen and oxygen atoms in total. The fraction of sp³-hybridized carbons (Fsp3) is 0.278. The minimum Gasteiger partial charge on any atom is -0.497 e. The molecule has 0 saturated heterocycles. The Bertz CT molecular complexity index is 910. The van der Waals surface area contributed by atoms with E-state index < -0.39 is 0 Å². The van der Waals surface area contributed by atoms with Crippen LogP contribution in [-0.4, -0.2) is 32.8 Å². The van der Waals surface area contributed by atoms with E-state index in [9.17, 15) is 4.79 Å². The molecule has 1 atom stereocenters. The van der Waals surface area contributed by atoms with Crippen molar-refractivity contribution < 1.29 is 9.53 Å². The van der Waals surface area contributed by atoms with Gasteiger partial charge in [0.2, 0.25) is 5.91 Å². The minimum atomic E-state index is -0.118. The molecule has 25 heavy (non-hydrogen) atoms. The van der Waals surface area contributed by atoms with E-state index in [1.165, 1.54) is 0 Å². The number of hydrogen-bond donors (Lipinski definition) is 2. The summed E-state index contributed by atoms with van der Waals surface area (Å²) in [6.07, 6.45) is 4.16. The van der Waals surface area contributed by atoms with Crippen LogP contribution in [0.25, 0.3) is 11.3 Å². The van der Waals surface area contributed by atoms with Crippen molar-refractivity contribution >= 4 is 11.7 Å². The number of nitrogens with one attached hydrogen (secondary N) is 2. The molecule has 1 amide bonds. The predicted octanol–water partition coefficient (Wildman–Crippen LogP) is 2.78. The van der Waals surface area contributed by atoms with Crippen LogP contribution in [0.2, 0.25) is 0 Å². The first-order valence-corrected chi connectivity index (χ1v) is 8.23. The summed E-state index contributed by atoms with van der Waals surface area (Å²) >= 11 is 0. The summed E-state index contributed by atoms with van der Waals surface area (Å²) in [5, 5.41) is 10.2. The van der Waals surface area contributed by atoms with E-state index in [0.717, 1.165) is 34.8 Å². The Balaban J connectivity index is 1.80. The first-order valence-electron chi connectivity index (χ1n) is 8.23. The molecule has 0 aliphatic carbocycles. The van der Waals surface area contributed by atoms with Gasteiger partial charge in [-0.3, -0.25) is 9.89 Å². The van der Waals surface area contributed by atoms with Crippen LogP contribution < -0.4 is 10.1 Å². The van der Waals surface area contributed by atoms with Gasteiger partial charge in [0, 0.05) is 36.2 Å². The number of benzene rings is 1. The molecule has 1 unspecified atom stereocenters. The van der Waals surface area contributed by atoms with Gasteiger partial charge in [0.25, 0.3) is 0 Å². The predicted molar refractivity (Wildman–Crippen MR) is 93.6 cm³/mol. The second kappa shape index (κ2) is 6.08. The number of anilines is 1. The molecule has 2 aromatic heterocycles. The van der Waals surface area contributed by atoms with E-state index >= 15 is 0 Å². The molecule has 1 aromatic carbocycles. The van der Waals surface area contributed by atoms with Crippen molar-refractivity contribution in [3.8, 4) is 17.0 Å². The number of carbonyl (C=O) groups excluding carboxylic acids is 1. The Morgan fingerprint density at radius 2 is 2.12 bits per heavy atom. The van der Waals surface area contributed by atoms with Crippen molar-refractivity contribution in [1.82, 2.24) is 19.7 Å². The third-order valence-electron chi connectivity index (χ3n) is 4.55. The molecule has 0 spiro atoms. The number of hydrogen-bond acceptors (Lipinski definition) is 4. The molecule has 0 fully saturated rings. The van der Waals surface area contributed by atoms with Crippen LogP contribution in [0, 0.1) is 0 Å². The lowest BCUT2D eigenvalue weighted by Gasteiger charge is -2.21. The molecule has 4 rings (SSSR count). The van der Waals surface area contributed by atoms with Gasteiger partial charge in [-0.05, 0) is 31.2 Å². The molecular weight excluding hydrogens is 318 g/mol. The van der Waals surface area contributed by atoms with E-state index in [1.807, 2.05) is 35.0 Å². The molecule has 3 heterocycles. The number of aromatic amines is 1. The smallest absolute Gasteiger partial charge is 0.226 e. The highest BCUT2D eigenvalue weighted by Crippen LogP contribution is 2.41. The van der Waals surface area contributed by atoms with Crippen LogP contribution in [-0.2, 0) is 11.3 Å². The van der Waals surface area contributed by atoms with Crippen molar-refractivity contribution in [2.24, 2.45) is 0 Å². The summed E-state index contributed by atoms with van der Waals surface area (Å²) in [6, 6.07) is 7.77. The summed E-state index contributed by atoms with van der Waals surface area (Å²) in [4.78, 5) is 16.6. The highest BCUT2D eigenvalue weighted by molar-refractivity contribution is 5.95. The van der Waals surface area contributed by atoms with Crippen molar-refractivity contribution in [3.05, 3.63) is 48.0 Å². The van der Waals surface area contributed by atoms with Crippen LogP contribution >= 0.6 is 0 Å². The largest absolute Gasteiger partial charge is 0.497 e. The van der Waals surface area contributed by atoms with Gasteiger partial charge in [-0.15, -0.1) is 0 Å². The minimum absolute atomic E-state index is 0.0451. The monoisotopic (exact) mass is 337 g/mol. The fourth-order valence-electron chi connectivity index (χ4n) is 3.22. The third kappa shape index (κ3) is 2.67. The number of aryl methyl sites for hydroxylation is 1. The van der Waals surface area contributed by atoms with Crippen molar-refractivity contribution in [2.45, 2.75) is 25.8 Å². The first-order chi connectivity index (χ1) is 12.2. The highest BCUT2D eigenvalue weighted by Gasteiger charge is 2.33. The van der Waals surface area contributed by atoms with Crippen molar-refractivity contribution in [3.63, 3.8) is 0 Å². The van der Waals surface area contributed by atoms with Gasteiger partial charge >= 0.3 is 0 Å². The molecule has 1 aliphatic rings. The molecule has 128 valence electrons. The Hall–Kier alpha value is -3.09. The molecule has 1 aliphatic heterocycles.